The molecule has 3 N–H and O–H groups in total. The molecule has 2 saturated heterocycles. The molecule has 2 atom stereocenters. The highest BCUT2D eigenvalue weighted by atomic mass is 16.5. The van der Waals surface area contributed by atoms with Crippen LogP contribution in [0.3, 0.4) is 0 Å². The molecule has 0 aliphatic carbocycles. The Morgan fingerprint density at radius 2 is 2.61 bits per heavy atom. The number of imidazole rings is 1. The molecule has 6 nitrogen and oxygen atoms in total. The Morgan fingerprint density at radius 3 is 3.44 bits per heavy atom. The first-order valence-corrected chi connectivity index (χ1v) is 6.35. The highest BCUT2D eigenvalue weighted by Gasteiger charge is 2.50. The number of nitrogens with one attached hydrogen (secondary N) is 3. The van der Waals surface area contributed by atoms with E-state index in [-0.39, 0.29) is 11.3 Å². The monoisotopic (exact) mass is 250 g/mol. The van der Waals surface area contributed by atoms with Crippen LogP contribution in [0.25, 0.3) is 0 Å². The molecular weight excluding hydrogens is 232 g/mol. The third-order valence-corrected chi connectivity index (χ3v) is 4.03. The highest BCUT2D eigenvalue weighted by Crippen LogP contribution is 2.37. The smallest absolute Gasteiger partial charge is 0.230 e. The number of nitrogens with zero attached hydrogens (tertiary/aromatic N) is 1. The fourth-order valence-electron chi connectivity index (χ4n) is 2.90. The molecule has 2 aliphatic rings. The van der Waals surface area contributed by atoms with E-state index in [9.17, 15) is 4.79 Å². The minimum Gasteiger partial charge on any atom is -0.380 e. The molecule has 1 amide bonds. The van der Waals surface area contributed by atoms with Crippen LogP contribution >= 0.6 is 0 Å². The normalized spacial score (nSPS) is 31.0. The van der Waals surface area contributed by atoms with Gasteiger partial charge < -0.3 is 20.4 Å². The molecule has 98 valence electrons. The maximum atomic E-state index is 12.4. The lowest BCUT2D eigenvalue weighted by atomic mass is 9.75. The second-order valence-corrected chi connectivity index (χ2v) is 5.08. The molecule has 3 rings (SSSR count). The molecule has 0 bridgehead atoms. The van der Waals surface area contributed by atoms with E-state index in [1.807, 2.05) is 0 Å². The lowest BCUT2D eigenvalue weighted by Gasteiger charge is -2.36. The van der Waals surface area contributed by atoms with Gasteiger partial charge in [0.25, 0.3) is 0 Å². The number of aromatic amines is 1. The van der Waals surface area contributed by atoms with Crippen molar-refractivity contribution in [2.75, 3.05) is 26.3 Å². The van der Waals surface area contributed by atoms with Crippen LogP contribution in [-0.2, 0) is 16.1 Å². The Bertz CT molecular complexity index is 420. The van der Waals surface area contributed by atoms with Gasteiger partial charge in [-0.15, -0.1) is 0 Å². The summed E-state index contributed by atoms with van der Waals surface area (Å²) in [6, 6.07) is 0. The van der Waals surface area contributed by atoms with Crippen LogP contribution in [-0.4, -0.2) is 42.2 Å². The number of ether oxygens (including phenoxy) is 1. The van der Waals surface area contributed by atoms with Crippen molar-refractivity contribution in [2.45, 2.75) is 13.0 Å². The van der Waals surface area contributed by atoms with Crippen molar-refractivity contribution in [3.8, 4) is 0 Å². The minimum atomic E-state index is -0.377. The van der Waals surface area contributed by atoms with E-state index in [4.69, 9.17) is 4.74 Å². The van der Waals surface area contributed by atoms with Crippen LogP contribution in [0.15, 0.2) is 12.5 Å². The van der Waals surface area contributed by atoms with Gasteiger partial charge in [-0.3, -0.25) is 4.79 Å². The van der Waals surface area contributed by atoms with E-state index in [1.165, 1.54) is 0 Å². The number of hydrogen-bond donors (Lipinski definition) is 3. The number of fused-ring (bicyclic) bond motifs is 1. The predicted molar refractivity (Wildman–Crippen MR) is 64.7 cm³/mol. The van der Waals surface area contributed by atoms with Gasteiger partial charge in [-0.1, -0.05) is 0 Å². The number of H-pyrrole nitrogens is 1. The molecule has 2 fully saturated rings. The number of amides is 1. The van der Waals surface area contributed by atoms with E-state index in [2.05, 4.69) is 20.6 Å². The highest BCUT2D eigenvalue weighted by molar-refractivity contribution is 5.84. The van der Waals surface area contributed by atoms with Crippen LogP contribution in [0.1, 0.15) is 12.1 Å². The molecule has 0 unspecified atom stereocenters. The van der Waals surface area contributed by atoms with Crippen molar-refractivity contribution in [1.29, 1.82) is 0 Å². The fourth-order valence-corrected chi connectivity index (χ4v) is 2.90. The van der Waals surface area contributed by atoms with Crippen molar-refractivity contribution in [3.05, 3.63) is 18.2 Å². The summed E-state index contributed by atoms with van der Waals surface area (Å²) in [7, 11) is 0. The van der Waals surface area contributed by atoms with Crippen molar-refractivity contribution < 1.29 is 9.53 Å². The Balaban J connectivity index is 1.66. The number of hydrogen-bond acceptors (Lipinski definition) is 4. The predicted octanol–water partition coefficient (Wildman–Crippen LogP) is -0.348. The lowest BCUT2D eigenvalue weighted by Crippen LogP contribution is -2.51. The van der Waals surface area contributed by atoms with Crippen LogP contribution in [0.5, 0.6) is 0 Å². The quantitative estimate of drug-likeness (QED) is 0.685. The van der Waals surface area contributed by atoms with Crippen LogP contribution in [0, 0.1) is 11.3 Å². The lowest BCUT2D eigenvalue weighted by molar-refractivity contribution is -0.141. The molecule has 2 aliphatic heterocycles. The Labute approximate surface area is 106 Å². The molecule has 0 radical (unpaired) electrons. The zero-order valence-corrected chi connectivity index (χ0v) is 10.2. The van der Waals surface area contributed by atoms with Crippen LogP contribution in [0.4, 0.5) is 0 Å². The number of aromatic nitrogens is 2. The molecule has 0 aromatic carbocycles. The summed E-state index contributed by atoms with van der Waals surface area (Å²) in [4.78, 5) is 19.3. The molecule has 1 aromatic rings. The summed E-state index contributed by atoms with van der Waals surface area (Å²) in [5.41, 5.74) is 0.539. The summed E-state index contributed by atoms with van der Waals surface area (Å²) in [5, 5.41) is 6.30. The largest absolute Gasteiger partial charge is 0.380 e. The van der Waals surface area contributed by atoms with E-state index >= 15 is 0 Å². The maximum Gasteiger partial charge on any atom is 0.230 e. The number of carbonyl (C=O) groups excluding carboxylic acids is 1. The van der Waals surface area contributed by atoms with Gasteiger partial charge in [0, 0.05) is 19.3 Å². The second-order valence-electron chi connectivity index (χ2n) is 5.08. The molecule has 3 heterocycles. The second kappa shape index (κ2) is 4.70. The van der Waals surface area contributed by atoms with Gasteiger partial charge in [-0.05, 0) is 18.9 Å². The number of carbonyl (C=O) groups is 1. The van der Waals surface area contributed by atoms with Crippen LogP contribution in [0.2, 0.25) is 0 Å². The van der Waals surface area contributed by atoms with Gasteiger partial charge in [-0.25, -0.2) is 4.98 Å². The first-order chi connectivity index (χ1) is 8.81. The molecule has 1 aromatic heterocycles. The third kappa shape index (κ3) is 1.91. The summed E-state index contributed by atoms with van der Waals surface area (Å²) < 4.78 is 5.52. The van der Waals surface area contributed by atoms with Gasteiger partial charge in [0.15, 0.2) is 0 Å². The molecule has 18 heavy (non-hydrogen) atoms. The summed E-state index contributed by atoms with van der Waals surface area (Å²) in [6.45, 7) is 3.42. The van der Waals surface area contributed by atoms with E-state index in [1.54, 1.807) is 12.5 Å². The average molecular weight is 250 g/mol. The SMILES string of the molecule is O=C(NCc1cnc[nH]1)[C@]12CNC[C@H]1CCOC2. The summed E-state index contributed by atoms with van der Waals surface area (Å²) >= 11 is 0. The van der Waals surface area contributed by atoms with Gasteiger partial charge in [0.05, 0.1) is 30.6 Å². The van der Waals surface area contributed by atoms with Gasteiger partial charge in [-0.2, -0.15) is 0 Å². The average Bonchev–Trinajstić information content (AvgIpc) is 3.05. The van der Waals surface area contributed by atoms with Gasteiger partial charge >= 0.3 is 0 Å². The minimum absolute atomic E-state index is 0.0896. The molecule has 0 spiro atoms. The van der Waals surface area contributed by atoms with Gasteiger partial charge in [0.1, 0.15) is 0 Å². The van der Waals surface area contributed by atoms with Crippen molar-refractivity contribution in [1.82, 2.24) is 20.6 Å². The Kier molecular flexibility index (Phi) is 3.05. The van der Waals surface area contributed by atoms with E-state index in [0.29, 0.717) is 25.6 Å². The van der Waals surface area contributed by atoms with Crippen LogP contribution < -0.4 is 10.6 Å². The first kappa shape index (κ1) is 11.7. The van der Waals surface area contributed by atoms with Gasteiger partial charge in [0.2, 0.25) is 5.91 Å². The first-order valence-electron chi connectivity index (χ1n) is 6.35. The summed E-state index contributed by atoms with van der Waals surface area (Å²) in [5.74, 6) is 0.486. The van der Waals surface area contributed by atoms with Crippen molar-refractivity contribution >= 4 is 5.91 Å². The fraction of sp³-hybridized carbons (Fsp3) is 0.667. The maximum absolute atomic E-state index is 12.4. The van der Waals surface area contributed by atoms with E-state index < -0.39 is 0 Å². The number of rotatable bonds is 3. The molecular formula is C12H18N4O2. The van der Waals surface area contributed by atoms with Crippen molar-refractivity contribution in [3.63, 3.8) is 0 Å². The third-order valence-electron chi connectivity index (χ3n) is 4.03. The van der Waals surface area contributed by atoms with Crippen molar-refractivity contribution in [2.24, 2.45) is 11.3 Å². The summed E-state index contributed by atoms with van der Waals surface area (Å²) in [6.07, 6.45) is 4.30. The molecule has 0 saturated carbocycles. The zero-order valence-electron chi connectivity index (χ0n) is 10.2. The Hall–Kier alpha value is -1.40. The Morgan fingerprint density at radius 1 is 1.67 bits per heavy atom. The topological polar surface area (TPSA) is 79.0 Å². The molecule has 6 heteroatoms. The zero-order chi connectivity index (χ0) is 12.4. The van der Waals surface area contributed by atoms with E-state index in [0.717, 1.165) is 25.3 Å². The standard InChI is InChI=1S/C12H18N4O2/c17-11(15-5-10-4-14-8-16-10)12-6-13-3-9(12)1-2-18-7-12/h4,8-9,13H,1-3,5-7H2,(H,14,16)(H,15,17)/t9-,12+/m1/s1.